The summed E-state index contributed by atoms with van der Waals surface area (Å²) in [6, 6.07) is 4.84. The third-order valence-electron chi connectivity index (χ3n) is 4.01. The van der Waals surface area contributed by atoms with Crippen molar-refractivity contribution >= 4 is 22.8 Å². The molecule has 1 aromatic carbocycles. The minimum atomic E-state index is -0.335. The van der Waals surface area contributed by atoms with Crippen molar-refractivity contribution in [3.63, 3.8) is 0 Å². The van der Waals surface area contributed by atoms with Crippen LogP contribution in [0, 0.1) is 5.82 Å². The van der Waals surface area contributed by atoms with Gasteiger partial charge in [-0.3, -0.25) is 0 Å². The molecule has 1 fully saturated rings. The Morgan fingerprint density at radius 1 is 1.38 bits per heavy atom. The Bertz CT molecular complexity index is 857. The first-order chi connectivity index (χ1) is 11.7. The molecule has 0 unspecified atom stereocenters. The number of benzene rings is 1. The Labute approximate surface area is 141 Å². The molecule has 2 aromatic heterocycles. The number of aromatic amines is 1. The molecule has 4 rings (SSSR count). The van der Waals surface area contributed by atoms with Crippen molar-refractivity contribution in [3.8, 4) is 0 Å². The van der Waals surface area contributed by atoms with Gasteiger partial charge in [0.25, 0.3) is 0 Å². The van der Waals surface area contributed by atoms with Crippen LogP contribution in [0.4, 0.5) is 4.39 Å². The highest BCUT2D eigenvalue weighted by atomic mass is 32.2. The highest BCUT2D eigenvalue weighted by Gasteiger charge is 2.23. The van der Waals surface area contributed by atoms with Crippen LogP contribution in [0.2, 0.25) is 0 Å². The average Bonchev–Trinajstić information content (AvgIpc) is 3.18. The van der Waals surface area contributed by atoms with E-state index in [1.807, 2.05) is 0 Å². The number of rotatable bonds is 4. The molecule has 0 amide bonds. The summed E-state index contributed by atoms with van der Waals surface area (Å²) in [4.78, 5) is 7.38. The Morgan fingerprint density at radius 3 is 3.08 bits per heavy atom. The molecule has 0 bridgehead atoms. The van der Waals surface area contributed by atoms with E-state index in [1.165, 1.54) is 22.5 Å². The molecule has 7 nitrogen and oxygen atoms in total. The maximum absolute atomic E-state index is 13.7. The molecule has 1 aliphatic heterocycles. The Balaban J connectivity index is 1.49. The summed E-state index contributed by atoms with van der Waals surface area (Å²) in [5.41, 5.74) is 1.02. The zero-order valence-electron chi connectivity index (χ0n) is 12.9. The molecular weight excluding hydrogens is 331 g/mol. The van der Waals surface area contributed by atoms with Crippen LogP contribution in [0.15, 0.2) is 23.4 Å². The Hall–Kier alpha value is -2.13. The van der Waals surface area contributed by atoms with Crippen LogP contribution in [0.3, 0.4) is 0 Å². The second-order valence-electron chi connectivity index (χ2n) is 5.67. The van der Waals surface area contributed by atoms with Gasteiger partial charge in [-0.15, -0.1) is 10.2 Å². The van der Waals surface area contributed by atoms with E-state index in [1.54, 1.807) is 12.1 Å². The largest absolute Gasteiger partial charge is 0.370 e. The molecule has 0 spiro atoms. The van der Waals surface area contributed by atoms with Crippen molar-refractivity contribution in [3.05, 3.63) is 35.7 Å². The summed E-state index contributed by atoms with van der Waals surface area (Å²) < 4.78 is 20.9. The number of nitrogens with two attached hydrogens (primary N) is 1. The molecule has 1 aliphatic rings. The molecule has 1 saturated heterocycles. The molecule has 1 atom stereocenters. The lowest BCUT2D eigenvalue weighted by Gasteiger charge is -2.21. The number of ether oxygens (including phenoxy) is 1. The van der Waals surface area contributed by atoms with Gasteiger partial charge in [0.15, 0.2) is 11.6 Å². The third-order valence-corrected chi connectivity index (χ3v) is 4.96. The van der Waals surface area contributed by atoms with E-state index >= 15 is 0 Å². The third kappa shape index (κ3) is 2.84. The van der Waals surface area contributed by atoms with E-state index in [9.17, 15) is 4.39 Å². The summed E-state index contributed by atoms with van der Waals surface area (Å²) >= 11 is 1.40. The zero-order chi connectivity index (χ0) is 16.5. The first-order valence-electron chi connectivity index (χ1n) is 7.80. The van der Waals surface area contributed by atoms with Gasteiger partial charge in [0.05, 0.1) is 11.3 Å². The van der Waals surface area contributed by atoms with E-state index in [0.717, 1.165) is 25.9 Å². The number of thioether (sulfide) groups is 1. The molecule has 3 aromatic rings. The molecule has 0 saturated carbocycles. The van der Waals surface area contributed by atoms with Crippen LogP contribution in [-0.4, -0.2) is 31.4 Å². The molecule has 0 radical (unpaired) electrons. The first-order valence-corrected chi connectivity index (χ1v) is 8.79. The van der Waals surface area contributed by atoms with Crippen molar-refractivity contribution in [2.45, 2.75) is 36.3 Å². The lowest BCUT2D eigenvalue weighted by atomic mass is 10.1. The molecule has 24 heavy (non-hydrogen) atoms. The Kier molecular flexibility index (Phi) is 4.11. The second kappa shape index (κ2) is 6.40. The topological polar surface area (TPSA) is 94.6 Å². The summed E-state index contributed by atoms with van der Waals surface area (Å²) in [7, 11) is 0. The Morgan fingerprint density at radius 2 is 2.29 bits per heavy atom. The summed E-state index contributed by atoms with van der Waals surface area (Å²) in [6.45, 7) is 0.727. The standard InChI is InChI=1S/C15H17FN6OS/c16-9-4-3-5-10-13(9)19-12(18-10)8-24-15-21-20-14(22(15)17)11-6-1-2-7-23-11/h3-5,11H,1-2,6-8,17H2,(H,18,19)/t11-/m1/s1. The fourth-order valence-electron chi connectivity index (χ4n) is 2.80. The van der Waals surface area contributed by atoms with Gasteiger partial charge in [-0.1, -0.05) is 17.8 Å². The molecule has 3 N–H and O–H groups in total. The number of nitrogens with zero attached hydrogens (tertiary/aromatic N) is 4. The van der Waals surface area contributed by atoms with Crippen molar-refractivity contribution in [1.82, 2.24) is 24.8 Å². The monoisotopic (exact) mass is 348 g/mol. The van der Waals surface area contributed by atoms with E-state index in [2.05, 4.69) is 20.2 Å². The minimum absolute atomic E-state index is 0.0918. The van der Waals surface area contributed by atoms with E-state index < -0.39 is 0 Å². The van der Waals surface area contributed by atoms with Gasteiger partial charge in [-0.2, -0.15) is 0 Å². The molecule has 0 aliphatic carbocycles. The van der Waals surface area contributed by atoms with Crippen molar-refractivity contribution in [2.24, 2.45) is 0 Å². The second-order valence-corrected chi connectivity index (χ2v) is 6.62. The minimum Gasteiger partial charge on any atom is -0.370 e. The van der Waals surface area contributed by atoms with Gasteiger partial charge in [0, 0.05) is 6.61 Å². The van der Waals surface area contributed by atoms with Gasteiger partial charge in [0.2, 0.25) is 5.16 Å². The van der Waals surface area contributed by atoms with Crippen LogP contribution >= 0.6 is 11.8 Å². The number of para-hydroxylation sites is 1. The summed E-state index contributed by atoms with van der Waals surface area (Å²) in [5, 5.41) is 8.88. The predicted octanol–water partition coefficient (Wildman–Crippen LogP) is 2.54. The lowest BCUT2D eigenvalue weighted by Crippen LogP contribution is -2.21. The van der Waals surface area contributed by atoms with Gasteiger partial charge >= 0.3 is 0 Å². The van der Waals surface area contributed by atoms with Crippen molar-refractivity contribution in [1.29, 1.82) is 0 Å². The van der Waals surface area contributed by atoms with E-state index in [-0.39, 0.29) is 11.9 Å². The quantitative estimate of drug-likeness (QED) is 0.556. The lowest BCUT2D eigenvalue weighted by molar-refractivity contribution is 0.00780. The van der Waals surface area contributed by atoms with Gasteiger partial charge in [0.1, 0.15) is 17.4 Å². The van der Waals surface area contributed by atoms with E-state index in [4.69, 9.17) is 10.6 Å². The van der Waals surface area contributed by atoms with Crippen LogP contribution in [0.5, 0.6) is 0 Å². The van der Waals surface area contributed by atoms with Gasteiger partial charge in [-0.05, 0) is 31.4 Å². The highest BCUT2D eigenvalue weighted by Crippen LogP contribution is 2.28. The number of H-pyrrole nitrogens is 1. The number of hydrogen-bond donors (Lipinski definition) is 2. The predicted molar refractivity (Wildman–Crippen MR) is 88.3 cm³/mol. The van der Waals surface area contributed by atoms with Crippen molar-refractivity contribution < 1.29 is 9.13 Å². The van der Waals surface area contributed by atoms with Crippen LogP contribution in [0.1, 0.15) is 37.0 Å². The molecular formula is C15H17FN6OS. The maximum atomic E-state index is 13.7. The molecule has 3 heterocycles. The fraction of sp³-hybridized carbons (Fsp3) is 0.400. The SMILES string of the molecule is Nn1c(SCc2nc3c(F)cccc3[nH]2)nnc1[C@H]1CCCCO1. The number of nitrogens with one attached hydrogen (secondary N) is 1. The molecule has 126 valence electrons. The first kappa shape index (κ1) is 15.4. The number of fused-ring (bicyclic) bond motifs is 1. The van der Waals surface area contributed by atoms with E-state index in [0.29, 0.717) is 33.6 Å². The van der Waals surface area contributed by atoms with Crippen molar-refractivity contribution in [2.75, 3.05) is 12.4 Å². The maximum Gasteiger partial charge on any atom is 0.210 e. The molecule has 9 heteroatoms. The number of aromatic nitrogens is 5. The zero-order valence-corrected chi connectivity index (χ0v) is 13.7. The number of imidazole rings is 1. The van der Waals surface area contributed by atoms with Gasteiger partial charge in [-0.25, -0.2) is 14.1 Å². The van der Waals surface area contributed by atoms with Crippen LogP contribution < -0.4 is 5.84 Å². The highest BCUT2D eigenvalue weighted by molar-refractivity contribution is 7.98. The summed E-state index contributed by atoms with van der Waals surface area (Å²) in [6.07, 6.45) is 2.98. The van der Waals surface area contributed by atoms with Gasteiger partial charge < -0.3 is 15.6 Å². The number of hydrogen-bond acceptors (Lipinski definition) is 6. The van der Waals surface area contributed by atoms with Crippen LogP contribution in [-0.2, 0) is 10.5 Å². The number of nitrogen functional groups attached to an aromatic ring is 1. The van der Waals surface area contributed by atoms with Crippen LogP contribution in [0.25, 0.3) is 11.0 Å². The smallest absolute Gasteiger partial charge is 0.210 e. The average molecular weight is 348 g/mol. The number of halogens is 1. The normalized spacial score (nSPS) is 18.3. The summed E-state index contributed by atoms with van der Waals surface area (Å²) in [5.74, 6) is 7.57. The fourth-order valence-corrected chi connectivity index (χ4v) is 3.53.